The highest BCUT2D eigenvalue weighted by atomic mass is 35.5. The van der Waals surface area contributed by atoms with Gasteiger partial charge in [0, 0.05) is 32.1 Å². The van der Waals surface area contributed by atoms with E-state index in [-0.39, 0.29) is 17.2 Å². The molecule has 0 aliphatic carbocycles. The molecule has 1 aliphatic heterocycles. The van der Waals surface area contributed by atoms with E-state index in [1.165, 1.54) is 5.56 Å². The van der Waals surface area contributed by atoms with Gasteiger partial charge in [0.2, 0.25) is 0 Å². The van der Waals surface area contributed by atoms with Crippen LogP contribution in [0.3, 0.4) is 0 Å². The third-order valence-corrected chi connectivity index (χ3v) is 10.4. The molecule has 7 heteroatoms. The maximum Gasteiger partial charge on any atom is 0.407 e. The number of likely N-dealkylation sites (tertiary alicyclic amines) is 1. The van der Waals surface area contributed by atoms with Crippen molar-refractivity contribution >= 4 is 26.0 Å². The van der Waals surface area contributed by atoms with Gasteiger partial charge in [0.1, 0.15) is 6.10 Å². The van der Waals surface area contributed by atoms with Crippen LogP contribution in [0.15, 0.2) is 30.3 Å². The molecule has 1 saturated heterocycles. The second-order valence-corrected chi connectivity index (χ2v) is 14.1. The number of rotatable bonds is 7. The first-order chi connectivity index (χ1) is 13.1. The summed E-state index contributed by atoms with van der Waals surface area (Å²) in [5.74, 6) is 0.370. The first kappa shape index (κ1) is 23.2. The average molecular weight is 427 g/mol. The molecule has 0 bridgehead atoms. The van der Waals surface area contributed by atoms with Crippen LogP contribution in [0.4, 0.5) is 4.79 Å². The van der Waals surface area contributed by atoms with Crippen molar-refractivity contribution in [2.24, 2.45) is 0 Å². The zero-order valence-corrected chi connectivity index (χ0v) is 19.6. The van der Waals surface area contributed by atoms with Crippen LogP contribution in [0.25, 0.3) is 0 Å². The maximum absolute atomic E-state index is 12.1. The lowest BCUT2D eigenvalue weighted by atomic mass is 10.0. The summed E-state index contributed by atoms with van der Waals surface area (Å²) in [6.07, 6.45) is -0.0111. The Morgan fingerprint density at radius 1 is 1.25 bits per heavy atom. The Bertz CT molecular complexity index is 622. The van der Waals surface area contributed by atoms with Crippen molar-refractivity contribution in [2.75, 3.05) is 25.5 Å². The number of halogens is 1. The summed E-state index contributed by atoms with van der Waals surface area (Å²) in [7, 11) is -1.99. The molecular weight excluding hydrogens is 392 g/mol. The summed E-state index contributed by atoms with van der Waals surface area (Å²) in [5.41, 5.74) is 1.29. The first-order valence-corrected chi connectivity index (χ1v) is 13.5. The molecule has 1 N–H and O–H groups in total. The van der Waals surface area contributed by atoms with Crippen molar-refractivity contribution in [3.05, 3.63) is 35.9 Å². The van der Waals surface area contributed by atoms with Crippen LogP contribution < -0.4 is 5.32 Å². The van der Waals surface area contributed by atoms with Crippen molar-refractivity contribution in [1.29, 1.82) is 0 Å². The Morgan fingerprint density at radius 3 is 2.54 bits per heavy atom. The Kier molecular flexibility index (Phi) is 8.37. The fraction of sp³-hybridized carbons (Fsp3) is 0.667. The van der Waals surface area contributed by atoms with Gasteiger partial charge < -0.3 is 14.5 Å². The lowest BCUT2D eigenvalue weighted by Gasteiger charge is -2.45. The number of carbonyl (C=O) groups excluding carboxylic acids is 1. The molecule has 0 aromatic heterocycles. The van der Waals surface area contributed by atoms with Crippen molar-refractivity contribution in [3.63, 3.8) is 0 Å². The third kappa shape index (κ3) is 6.76. The highest BCUT2D eigenvalue weighted by Gasteiger charge is 2.43. The van der Waals surface area contributed by atoms with Gasteiger partial charge in [-0.2, -0.15) is 0 Å². The normalized spacial score (nSPS) is 21.4. The van der Waals surface area contributed by atoms with Crippen LogP contribution >= 0.6 is 11.6 Å². The molecule has 1 heterocycles. The topological polar surface area (TPSA) is 50.8 Å². The standard InChI is InChI=1S/C21H35ClN2O3Si/c1-21(2,3)28(4,5)27-19-16-24(15-17-9-7-6-8-10-17)14-11-18(19)26-20(25)23-13-12-22/h6-10,18-19H,11-16H2,1-5H3,(H,23,25). The minimum absolute atomic E-state index is 0.0974. The summed E-state index contributed by atoms with van der Waals surface area (Å²) < 4.78 is 12.4. The fourth-order valence-electron chi connectivity index (χ4n) is 3.08. The number of nitrogens with zero attached hydrogens (tertiary/aromatic N) is 1. The zero-order chi connectivity index (χ0) is 20.8. The number of hydrogen-bond donors (Lipinski definition) is 1. The first-order valence-electron chi connectivity index (χ1n) is 10.1. The van der Waals surface area contributed by atoms with Crippen LogP contribution in [0.5, 0.6) is 0 Å². The minimum Gasteiger partial charge on any atom is -0.443 e. The summed E-state index contributed by atoms with van der Waals surface area (Å²) in [5, 5.41) is 2.79. The van der Waals surface area contributed by atoms with E-state index in [0.29, 0.717) is 12.4 Å². The van der Waals surface area contributed by atoms with E-state index in [1.807, 2.05) is 6.07 Å². The SMILES string of the molecule is CC(C)(C)[Si](C)(C)OC1CN(Cc2ccccc2)CCC1OC(=O)NCCCl. The predicted molar refractivity (Wildman–Crippen MR) is 117 cm³/mol. The smallest absolute Gasteiger partial charge is 0.407 e. The van der Waals surface area contributed by atoms with E-state index < -0.39 is 14.4 Å². The summed E-state index contributed by atoms with van der Waals surface area (Å²) in [4.78, 5) is 14.5. The molecule has 5 nitrogen and oxygen atoms in total. The number of hydrogen-bond acceptors (Lipinski definition) is 4. The Labute approximate surface area is 175 Å². The van der Waals surface area contributed by atoms with Gasteiger partial charge in [-0.05, 0) is 30.1 Å². The number of alkyl carbamates (subject to hydrolysis) is 1. The molecule has 1 aliphatic rings. The van der Waals surface area contributed by atoms with Gasteiger partial charge in [-0.15, -0.1) is 11.6 Å². The van der Waals surface area contributed by atoms with Gasteiger partial charge >= 0.3 is 6.09 Å². The van der Waals surface area contributed by atoms with Crippen molar-refractivity contribution in [1.82, 2.24) is 10.2 Å². The highest BCUT2D eigenvalue weighted by molar-refractivity contribution is 6.74. The van der Waals surface area contributed by atoms with Gasteiger partial charge in [0.15, 0.2) is 8.32 Å². The molecule has 1 fully saturated rings. The summed E-state index contributed by atoms with van der Waals surface area (Å²) in [6.45, 7) is 14.1. The lowest BCUT2D eigenvalue weighted by molar-refractivity contribution is -0.0415. The van der Waals surface area contributed by atoms with E-state index >= 15 is 0 Å². The number of nitrogens with one attached hydrogen (secondary N) is 1. The molecule has 1 aromatic rings. The molecule has 2 atom stereocenters. The lowest BCUT2D eigenvalue weighted by Crippen LogP contribution is -2.55. The van der Waals surface area contributed by atoms with Crippen LogP contribution in [-0.4, -0.2) is 57.0 Å². The van der Waals surface area contributed by atoms with E-state index in [1.54, 1.807) is 0 Å². The number of alkyl halides is 1. The predicted octanol–water partition coefficient (Wildman–Crippen LogP) is 4.62. The quantitative estimate of drug-likeness (QED) is 0.510. The molecule has 0 saturated carbocycles. The Hall–Kier alpha value is -1.08. The Morgan fingerprint density at radius 2 is 1.93 bits per heavy atom. The summed E-state index contributed by atoms with van der Waals surface area (Å²) >= 11 is 5.65. The number of piperidine rings is 1. The van der Waals surface area contributed by atoms with Gasteiger partial charge in [0.05, 0.1) is 6.10 Å². The van der Waals surface area contributed by atoms with Gasteiger partial charge in [-0.1, -0.05) is 51.1 Å². The van der Waals surface area contributed by atoms with Gasteiger partial charge in [-0.3, -0.25) is 4.90 Å². The minimum atomic E-state index is -1.99. The average Bonchev–Trinajstić information content (AvgIpc) is 2.62. The van der Waals surface area contributed by atoms with Gasteiger partial charge in [-0.25, -0.2) is 4.79 Å². The van der Waals surface area contributed by atoms with E-state index in [2.05, 4.69) is 68.3 Å². The number of amides is 1. The molecule has 1 aromatic carbocycles. The van der Waals surface area contributed by atoms with Crippen molar-refractivity contribution in [3.8, 4) is 0 Å². The molecule has 1 amide bonds. The largest absolute Gasteiger partial charge is 0.443 e. The Balaban J connectivity index is 2.08. The van der Waals surface area contributed by atoms with Gasteiger partial charge in [0.25, 0.3) is 0 Å². The maximum atomic E-state index is 12.1. The van der Waals surface area contributed by atoms with Crippen LogP contribution in [0, 0.1) is 0 Å². The van der Waals surface area contributed by atoms with Crippen LogP contribution in [-0.2, 0) is 15.7 Å². The summed E-state index contributed by atoms with van der Waals surface area (Å²) in [6, 6.07) is 10.5. The van der Waals surface area contributed by atoms with E-state index in [9.17, 15) is 4.79 Å². The van der Waals surface area contributed by atoms with Crippen molar-refractivity contribution in [2.45, 2.75) is 64.1 Å². The van der Waals surface area contributed by atoms with Crippen LogP contribution in [0.1, 0.15) is 32.8 Å². The number of carbonyl (C=O) groups is 1. The second kappa shape index (κ2) is 10.1. The number of benzene rings is 1. The second-order valence-electron chi connectivity index (χ2n) is 8.99. The molecule has 28 heavy (non-hydrogen) atoms. The molecule has 0 spiro atoms. The fourth-order valence-corrected chi connectivity index (χ4v) is 4.51. The highest BCUT2D eigenvalue weighted by Crippen LogP contribution is 2.38. The molecule has 2 rings (SSSR count). The molecule has 2 unspecified atom stereocenters. The van der Waals surface area contributed by atoms with E-state index in [4.69, 9.17) is 20.8 Å². The van der Waals surface area contributed by atoms with Crippen molar-refractivity contribution < 1.29 is 14.0 Å². The number of ether oxygens (including phenoxy) is 1. The van der Waals surface area contributed by atoms with Crippen LogP contribution in [0.2, 0.25) is 18.1 Å². The third-order valence-electron chi connectivity index (χ3n) is 5.71. The molecule has 0 radical (unpaired) electrons. The molecular formula is C21H35ClN2O3Si. The molecule has 158 valence electrons. The monoisotopic (exact) mass is 426 g/mol. The zero-order valence-electron chi connectivity index (χ0n) is 17.8. The van der Waals surface area contributed by atoms with E-state index in [0.717, 1.165) is 26.1 Å².